The lowest BCUT2D eigenvalue weighted by molar-refractivity contribution is -0.146. The molecule has 12 nitrogen and oxygen atoms in total. The van der Waals surface area contributed by atoms with E-state index in [9.17, 15) is 24.0 Å². The van der Waals surface area contributed by atoms with Crippen LogP contribution in [0, 0.1) is 0 Å². The van der Waals surface area contributed by atoms with Crippen LogP contribution in [0.1, 0.15) is 298 Å². The van der Waals surface area contributed by atoms with Gasteiger partial charge in [0.2, 0.25) is 29.5 Å². The number of amides is 5. The van der Waals surface area contributed by atoms with Gasteiger partial charge in [0.25, 0.3) is 0 Å². The second-order valence-corrected chi connectivity index (χ2v) is 22.7. The summed E-state index contributed by atoms with van der Waals surface area (Å²) in [5.74, 6) is -1.39. The van der Waals surface area contributed by atoms with Crippen molar-refractivity contribution in [2.75, 3.05) is 85.1 Å². The lowest BCUT2D eigenvalue weighted by Crippen LogP contribution is -2.51. The van der Waals surface area contributed by atoms with E-state index in [0.717, 1.165) is 110 Å². The second-order valence-electron chi connectivity index (χ2n) is 22.7. The SMILES string of the molecule is CCCCCCCCCCCCN(CC(N)=O)C(=O)CN(CCCCCCCCCCCC)C(=O)CN(CCCCCCCCCCCC)C(=O)CN(CCCCCCCCCCCC)C(=O)CNCCN(CC)CC. The number of nitrogens with one attached hydrogen (secondary N) is 1. The van der Waals surface area contributed by atoms with Gasteiger partial charge in [-0.2, -0.15) is 0 Å². The molecule has 0 spiro atoms. The van der Waals surface area contributed by atoms with Gasteiger partial charge in [-0.25, -0.2) is 0 Å². The van der Waals surface area contributed by atoms with E-state index in [2.05, 4.69) is 51.8 Å². The first-order valence-corrected chi connectivity index (χ1v) is 32.9. The number of hydrogen-bond donors (Lipinski definition) is 2. The Balaban J connectivity index is 6.33. The Hall–Kier alpha value is -2.73. The van der Waals surface area contributed by atoms with Gasteiger partial charge in [-0.1, -0.05) is 273 Å². The standard InChI is InChI=1S/C64H127N7O5/c1-7-13-17-21-25-29-33-37-41-45-50-68(56-60(65)72)62(74)58-70(52-47-43-39-35-31-27-23-19-15-9-3)64(76)59-71(53-48-44-40-36-32-28-24-20-16-10-4)63(75)57-69(61(73)55-66-49-54-67(11-5)12-6)51-46-42-38-34-30-26-22-18-14-8-2/h66H,7-59H2,1-6H3,(H2,65,72). The van der Waals surface area contributed by atoms with Gasteiger partial charge in [0.1, 0.15) is 0 Å². The lowest BCUT2D eigenvalue weighted by atomic mass is 10.1. The summed E-state index contributed by atoms with van der Waals surface area (Å²) in [6.07, 6.45) is 46.7. The van der Waals surface area contributed by atoms with E-state index in [1.165, 1.54) is 167 Å². The number of carbonyl (C=O) groups excluding carboxylic acids is 5. The van der Waals surface area contributed by atoms with Crippen LogP contribution in [-0.4, -0.2) is 139 Å². The van der Waals surface area contributed by atoms with Crippen molar-refractivity contribution in [3.63, 3.8) is 0 Å². The fourth-order valence-corrected chi connectivity index (χ4v) is 10.4. The highest BCUT2D eigenvalue weighted by molar-refractivity contribution is 5.91. The summed E-state index contributed by atoms with van der Waals surface area (Å²) in [6.45, 7) is 18.1. The summed E-state index contributed by atoms with van der Waals surface area (Å²) in [5, 5.41) is 3.36. The topological polar surface area (TPSA) is 140 Å². The minimum atomic E-state index is -0.558. The summed E-state index contributed by atoms with van der Waals surface area (Å²) in [4.78, 5) is 78.8. The predicted molar refractivity (Wildman–Crippen MR) is 324 cm³/mol. The van der Waals surface area contributed by atoms with Crippen LogP contribution in [0.2, 0.25) is 0 Å². The van der Waals surface area contributed by atoms with Crippen molar-refractivity contribution in [3.05, 3.63) is 0 Å². The molecule has 0 heterocycles. The average Bonchev–Trinajstić information content (AvgIpc) is 3.41. The van der Waals surface area contributed by atoms with Crippen molar-refractivity contribution in [3.8, 4) is 0 Å². The number of unbranched alkanes of at least 4 members (excludes halogenated alkanes) is 36. The third-order valence-corrected chi connectivity index (χ3v) is 15.6. The summed E-state index contributed by atoms with van der Waals surface area (Å²) in [5.41, 5.74) is 5.73. The van der Waals surface area contributed by atoms with Gasteiger partial charge in [0, 0.05) is 39.3 Å². The van der Waals surface area contributed by atoms with E-state index in [-0.39, 0.29) is 56.4 Å². The molecule has 0 unspecified atom stereocenters. The molecule has 0 saturated carbocycles. The van der Waals surface area contributed by atoms with Crippen LogP contribution in [-0.2, 0) is 24.0 Å². The summed E-state index contributed by atoms with van der Waals surface area (Å²) < 4.78 is 0. The number of primary amides is 1. The molecule has 76 heavy (non-hydrogen) atoms. The quantitative estimate of drug-likeness (QED) is 0.0578. The van der Waals surface area contributed by atoms with E-state index >= 15 is 0 Å². The number of hydrogen-bond acceptors (Lipinski definition) is 7. The predicted octanol–water partition coefficient (Wildman–Crippen LogP) is 14.4. The average molecular weight is 1070 g/mol. The van der Waals surface area contributed by atoms with E-state index in [1.54, 1.807) is 19.6 Å². The van der Waals surface area contributed by atoms with Crippen LogP contribution < -0.4 is 11.1 Å². The van der Waals surface area contributed by atoms with Crippen molar-refractivity contribution in [2.24, 2.45) is 5.73 Å². The van der Waals surface area contributed by atoms with Gasteiger partial charge < -0.3 is 35.6 Å². The zero-order valence-corrected chi connectivity index (χ0v) is 51.3. The van der Waals surface area contributed by atoms with Gasteiger partial charge in [-0.05, 0) is 38.8 Å². The van der Waals surface area contributed by atoms with Crippen LogP contribution in [0.3, 0.4) is 0 Å². The fraction of sp³-hybridized carbons (Fsp3) is 0.922. The molecular weight excluding hydrogens is 947 g/mol. The van der Waals surface area contributed by atoms with Crippen LogP contribution in [0.5, 0.6) is 0 Å². The molecule has 0 aromatic carbocycles. The molecule has 0 aromatic heterocycles. The zero-order valence-electron chi connectivity index (χ0n) is 51.3. The number of rotatable bonds is 59. The van der Waals surface area contributed by atoms with Gasteiger partial charge in [-0.15, -0.1) is 0 Å². The van der Waals surface area contributed by atoms with Crippen molar-refractivity contribution in [1.82, 2.24) is 29.8 Å². The van der Waals surface area contributed by atoms with E-state index in [1.807, 2.05) is 0 Å². The van der Waals surface area contributed by atoms with E-state index in [4.69, 9.17) is 5.73 Å². The fourth-order valence-electron chi connectivity index (χ4n) is 10.4. The Kier molecular flexibility index (Phi) is 53.6. The molecular formula is C64H127N7O5. The third-order valence-electron chi connectivity index (χ3n) is 15.6. The van der Waals surface area contributed by atoms with Crippen LogP contribution in [0.25, 0.3) is 0 Å². The summed E-state index contributed by atoms with van der Waals surface area (Å²) >= 11 is 0. The Bertz CT molecular complexity index is 1350. The highest BCUT2D eigenvalue weighted by Crippen LogP contribution is 2.16. The number of likely N-dealkylation sites (N-methyl/N-ethyl adjacent to an activating group) is 1. The normalized spacial score (nSPS) is 11.4. The number of nitrogens with zero attached hydrogens (tertiary/aromatic N) is 5. The van der Waals surface area contributed by atoms with Crippen molar-refractivity contribution in [2.45, 2.75) is 298 Å². The second kappa shape index (κ2) is 55.6. The molecule has 0 fully saturated rings. The first-order valence-electron chi connectivity index (χ1n) is 32.9. The first kappa shape index (κ1) is 73.3. The first-order chi connectivity index (χ1) is 37.1. The highest BCUT2D eigenvalue weighted by Gasteiger charge is 2.27. The van der Waals surface area contributed by atoms with Crippen LogP contribution in [0.4, 0.5) is 0 Å². The van der Waals surface area contributed by atoms with Gasteiger partial charge in [-0.3, -0.25) is 24.0 Å². The maximum absolute atomic E-state index is 14.7. The molecule has 0 aliphatic heterocycles. The maximum Gasteiger partial charge on any atom is 0.242 e. The number of carbonyl (C=O) groups is 5. The van der Waals surface area contributed by atoms with E-state index in [0.29, 0.717) is 32.7 Å². The molecule has 0 radical (unpaired) electrons. The Labute approximate surface area is 470 Å². The molecule has 0 aromatic rings. The number of nitrogens with two attached hydrogens (primary N) is 1. The molecule has 0 aliphatic carbocycles. The Morgan fingerprint density at radius 3 is 0.750 bits per heavy atom. The van der Waals surface area contributed by atoms with Crippen LogP contribution >= 0.6 is 0 Å². The highest BCUT2D eigenvalue weighted by atomic mass is 16.2. The largest absolute Gasteiger partial charge is 0.368 e. The monoisotopic (exact) mass is 1070 g/mol. The molecule has 448 valence electrons. The molecule has 0 aliphatic rings. The molecule has 3 N–H and O–H groups in total. The lowest BCUT2D eigenvalue weighted by Gasteiger charge is -2.31. The molecule has 12 heteroatoms. The van der Waals surface area contributed by atoms with Crippen molar-refractivity contribution < 1.29 is 24.0 Å². The van der Waals surface area contributed by atoms with Gasteiger partial charge in [0.05, 0.1) is 32.7 Å². The molecule has 0 bridgehead atoms. The van der Waals surface area contributed by atoms with Gasteiger partial charge >= 0.3 is 0 Å². The van der Waals surface area contributed by atoms with Crippen molar-refractivity contribution >= 4 is 29.5 Å². The Morgan fingerprint density at radius 1 is 0.289 bits per heavy atom. The molecule has 0 rings (SSSR count). The van der Waals surface area contributed by atoms with Gasteiger partial charge in [0.15, 0.2) is 0 Å². The summed E-state index contributed by atoms with van der Waals surface area (Å²) in [7, 11) is 0. The molecule has 0 atom stereocenters. The van der Waals surface area contributed by atoms with Crippen LogP contribution in [0.15, 0.2) is 0 Å². The minimum absolute atomic E-state index is 0.0678. The smallest absolute Gasteiger partial charge is 0.242 e. The third kappa shape index (κ3) is 45.2. The maximum atomic E-state index is 14.7. The van der Waals surface area contributed by atoms with E-state index < -0.39 is 5.91 Å². The Morgan fingerprint density at radius 2 is 0.513 bits per heavy atom. The minimum Gasteiger partial charge on any atom is -0.368 e. The molecule has 5 amide bonds. The summed E-state index contributed by atoms with van der Waals surface area (Å²) in [6, 6.07) is 0. The van der Waals surface area contributed by atoms with Crippen molar-refractivity contribution in [1.29, 1.82) is 0 Å². The zero-order chi connectivity index (χ0) is 56.0. The molecule has 0 saturated heterocycles.